The van der Waals surface area contributed by atoms with Gasteiger partial charge in [0, 0.05) is 25.7 Å². The summed E-state index contributed by atoms with van der Waals surface area (Å²) in [5.41, 5.74) is 7.66. The fourth-order valence-electron chi connectivity index (χ4n) is 3.55. The zero-order valence-electron chi connectivity index (χ0n) is 20.1. The molecule has 0 saturated heterocycles. The van der Waals surface area contributed by atoms with Crippen molar-refractivity contribution in [3.63, 3.8) is 0 Å². The number of nitrogens with zero attached hydrogens (tertiary/aromatic N) is 2. The summed E-state index contributed by atoms with van der Waals surface area (Å²) in [6, 6.07) is 13.2. The third-order valence-corrected chi connectivity index (χ3v) is 5.41. The zero-order valence-corrected chi connectivity index (χ0v) is 20.1. The lowest BCUT2D eigenvalue weighted by Gasteiger charge is -2.21. The first kappa shape index (κ1) is 26.6. The van der Waals surface area contributed by atoms with Crippen LogP contribution in [-0.4, -0.2) is 48.4 Å². The van der Waals surface area contributed by atoms with Gasteiger partial charge >= 0.3 is 0 Å². The van der Waals surface area contributed by atoms with Crippen LogP contribution in [0.5, 0.6) is 5.75 Å². The Hall–Kier alpha value is -4.05. The summed E-state index contributed by atoms with van der Waals surface area (Å²) < 4.78 is 32.2. The molecular formula is C26H29F2N5O3. The number of benzene rings is 2. The number of likely N-dealkylation sites (N-methyl/N-ethyl adjacent to an activating group) is 1. The number of pyridine rings is 1. The molecule has 0 saturated carbocycles. The van der Waals surface area contributed by atoms with Gasteiger partial charge in [-0.3, -0.25) is 14.5 Å². The van der Waals surface area contributed by atoms with E-state index in [-0.39, 0.29) is 25.4 Å². The number of aromatic nitrogens is 1. The van der Waals surface area contributed by atoms with Crippen LogP contribution in [0, 0.1) is 11.6 Å². The fourth-order valence-corrected chi connectivity index (χ4v) is 3.55. The van der Waals surface area contributed by atoms with Gasteiger partial charge in [0.2, 0.25) is 11.8 Å². The molecule has 8 nitrogen and oxygen atoms in total. The van der Waals surface area contributed by atoms with Crippen molar-refractivity contribution < 1.29 is 23.1 Å². The van der Waals surface area contributed by atoms with Crippen LogP contribution in [0.25, 0.3) is 0 Å². The van der Waals surface area contributed by atoms with Crippen molar-refractivity contribution >= 4 is 17.6 Å². The van der Waals surface area contributed by atoms with Crippen LogP contribution in [0.4, 0.5) is 14.6 Å². The van der Waals surface area contributed by atoms with Gasteiger partial charge < -0.3 is 21.1 Å². The van der Waals surface area contributed by atoms with Gasteiger partial charge in [0.15, 0.2) is 11.6 Å². The van der Waals surface area contributed by atoms with Crippen LogP contribution >= 0.6 is 0 Å². The van der Waals surface area contributed by atoms with Crippen molar-refractivity contribution in [2.45, 2.75) is 25.6 Å². The van der Waals surface area contributed by atoms with Gasteiger partial charge in [0.1, 0.15) is 17.6 Å². The second-order valence-corrected chi connectivity index (χ2v) is 8.40. The highest BCUT2D eigenvalue weighted by molar-refractivity contribution is 5.88. The van der Waals surface area contributed by atoms with Gasteiger partial charge in [0.05, 0.1) is 13.7 Å². The second-order valence-electron chi connectivity index (χ2n) is 8.40. The minimum Gasteiger partial charge on any atom is -0.497 e. The number of carbonyl (C=O) groups excluding carboxylic acids is 2. The quantitative estimate of drug-likeness (QED) is 0.376. The number of nitrogens with two attached hydrogens (primary N) is 1. The highest BCUT2D eigenvalue weighted by atomic mass is 19.2. The summed E-state index contributed by atoms with van der Waals surface area (Å²) in [6.07, 6.45) is 1.52. The van der Waals surface area contributed by atoms with E-state index in [1.54, 1.807) is 31.2 Å². The molecule has 0 aliphatic heterocycles. The van der Waals surface area contributed by atoms with E-state index in [1.807, 2.05) is 24.3 Å². The minimum atomic E-state index is -1.02. The molecule has 1 heterocycles. The van der Waals surface area contributed by atoms with Crippen molar-refractivity contribution in [1.82, 2.24) is 20.5 Å². The number of hydrogen-bond acceptors (Lipinski definition) is 6. The van der Waals surface area contributed by atoms with Crippen molar-refractivity contribution in [1.29, 1.82) is 0 Å². The highest BCUT2D eigenvalue weighted by Crippen LogP contribution is 2.13. The van der Waals surface area contributed by atoms with Gasteiger partial charge in [-0.15, -0.1) is 0 Å². The van der Waals surface area contributed by atoms with E-state index in [2.05, 4.69) is 15.6 Å². The standard InChI is InChI=1S/C26H29F2N5O3/c1-33(15-17-3-7-20(36-2)8-4-17)16-25(34)32-23(12-18-5-9-21(27)22(28)11-18)26(35)31-14-19-6-10-24(29)30-13-19/h3-11,13,23H,12,14-16H2,1-2H3,(H2,29,30)(H,31,35)(H,32,34). The molecule has 0 spiro atoms. The minimum absolute atomic E-state index is 0.0169. The summed E-state index contributed by atoms with van der Waals surface area (Å²) in [5.74, 6) is -1.78. The lowest BCUT2D eigenvalue weighted by Crippen LogP contribution is -2.50. The Morgan fingerprint density at radius 3 is 2.36 bits per heavy atom. The largest absolute Gasteiger partial charge is 0.497 e. The van der Waals surface area contributed by atoms with E-state index in [9.17, 15) is 18.4 Å². The fraction of sp³-hybridized carbons (Fsp3) is 0.269. The Kier molecular flexibility index (Phi) is 9.29. The van der Waals surface area contributed by atoms with Gasteiger partial charge in [-0.25, -0.2) is 13.8 Å². The Labute approximate surface area is 208 Å². The Morgan fingerprint density at radius 2 is 1.72 bits per heavy atom. The number of carbonyl (C=O) groups is 2. The number of hydrogen-bond donors (Lipinski definition) is 3. The van der Waals surface area contributed by atoms with Gasteiger partial charge in [-0.2, -0.15) is 0 Å². The summed E-state index contributed by atoms with van der Waals surface area (Å²) in [7, 11) is 3.37. The van der Waals surface area contributed by atoms with Crippen LogP contribution in [-0.2, 0) is 29.1 Å². The van der Waals surface area contributed by atoms with Gasteiger partial charge in [0.25, 0.3) is 0 Å². The van der Waals surface area contributed by atoms with Crippen molar-refractivity contribution in [3.8, 4) is 5.75 Å². The molecular weight excluding hydrogens is 468 g/mol. The molecule has 0 radical (unpaired) electrons. The first-order valence-corrected chi connectivity index (χ1v) is 11.3. The molecule has 3 rings (SSSR count). The number of anilines is 1. The normalized spacial score (nSPS) is 11.7. The van der Waals surface area contributed by atoms with Crippen LogP contribution < -0.4 is 21.1 Å². The van der Waals surface area contributed by atoms with Crippen LogP contribution in [0.1, 0.15) is 16.7 Å². The number of halogens is 2. The lowest BCUT2D eigenvalue weighted by atomic mass is 10.0. The lowest BCUT2D eigenvalue weighted by molar-refractivity contribution is -0.129. The van der Waals surface area contributed by atoms with Crippen molar-refractivity contribution in [2.24, 2.45) is 0 Å². The van der Waals surface area contributed by atoms with Crippen LogP contribution in [0.15, 0.2) is 60.8 Å². The Bertz CT molecular complexity index is 1170. The van der Waals surface area contributed by atoms with Gasteiger partial charge in [-0.1, -0.05) is 24.3 Å². The Morgan fingerprint density at radius 1 is 1.03 bits per heavy atom. The predicted octanol–water partition coefficient (Wildman–Crippen LogP) is 2.43. The molecule has 10 heteroatoms. The number of amides is 2. The molecule has 0 bridgehead atoms. The van der Waals surface area contributed by atoms with E-state index in [1.165, 1.54) is 12.3 Å². The molecule has 0 fully saturated rings. The third kappa shape index (κ3) is 8.02. The maximum Gasteiger partial charge on any atom is 0.243 e. The third-order valence-electron chi connectivity index (χ3n) is 5.41. The summed E-state index contributed by atoms with van der Waals surface area (Å²) in [4.78, 5) is 31.5. The maximum atomic E-state index is 13.7. The van der Waals surface area contributed by atoms with Crippen molar-refractivity contribution in [2.75, 3.05) is 26.4 Å². The average Bonchev–Trinajstić information content (AvgIpc) is 2.85. The van der Waals surface area contributed by atoms with E-state index in [0.717, 1.165) is 29.0 Å². The van der Waals surface area contributed by atoms with E-state index in [4.69, 9.17) is 10.5 Å². The zero-order chi connectivity index (χ0) is 26.1. The highest BCUT2D eigenvalue weighted by Gasteiger charge is 2.22. The molecule has 1 aromatic heterocycles. The predicted molar refractivity (Wildman–Crippen MR) is 132 cm³/mol. The summed E-state index contributed by atoms with van der Waals surface area (Å²) in [6.45, 7) is 0.685. The number of nitrogens with one attached hydrogen (secondary N) is 2. The second kappa shape index (κ2) is 12.6. The van der Waals surface area contributed by atoms with Crippen LogP contribution in [0.2, 0.25) is 0 Å². The number of rotatable bonds is 11. The molecule has 1 atom stereocenters. The number of ether oxygens (including phenoxy) is 1. The van der Waals surface area contributed by atoms with Crippen LogP contribution in [0.3, 0.4) is 0 Å². The maximum absolute atomic E-state index is 13.7. The smallest absolute Gasteiger partial charge is 0.243 e. The van der Waals surface area contributed by atoms with E-state index in [0.29, 0.717) is 17.9 Å². The molecule has 0 aliphatic carbocycles. The average molecular weight is 498 g/mol. The molecule has 2 amide bonds. The molecule has 3 aromatic rings. The summed E-state index contributed by atoms with van der Waals surface area (Å²) in [5, 5.41) is 5.46. The molecule has 2 aromatic carbocycles. The van der Waals surface area contributed by atoms with E-state index >= 15 is 0 Å². The first-order valence-electron chi connectivity index (χ1n) is 11.3. The molecule has 36 heavy (non-hydrogen) atoms. The molecule has 4 N–H and O–H groups in total. The van der Waals surface area contributed by atoms with E-state index < -0.39 is 23.6 Å². The van der Waals surface area contributed by atoms with Gasteiger partial charge in [-0.05, 0) is 54.1 Å². The number of methoxy groups -OCH3 is 1. The Balaban J connectivity index is 1.64. The SMILES string of the molecule is COc1ccc(CN(C)CC(=O)NC(Cc2ccc(F)c(F)c2)C(=O)NCc2ccc(N)nc2)cc1. The first-order chi connectivity index (χ1) is 17.2. The molecule has 1 unspecified atom stereocenters. The summed E-state index contributed by atoms with van der Waals surface area (Å²) >= 11 is 0. The van der Waals surface area contributed by atoms with Crippen molar-refractivity contribution in [3.05, 3.63) is 89.1 Å². The monoisotopic (exact) mass is 497 g/mol. The number of nitrogen functional groups attached to an aromatic ring is 1. The molecule has 0 aliphatic rings. The topological polar surface area (TPSA) is 110 Å². The molecule has 190 valence electrons.